The van der Waals surface area contributed by atoms with Gasteiger partial charge in [-0.25, -0.2) is 0 Å². The Kier molecular flexibility index (Phi) is 5.85. The smallest absolute Gasteiger partial charge is 0.241 e. The van der Waals surface area contributed by atoms with Crippen molar-refractivity contribution in [3.8, 4) is 0 Å². The van der Waals surface area contributed by atoms with E-state index in [0.29, 0.717) is 6.54 Å². The van der Waals surface area contributed by atoms with E-state index in [-0.39, 0.29) is 17.9 Å². The Hall–Kier alpha value is -2.44. The van der Waals surface area contributed by atoms with Gasteiger partial charge in [0, 0.05) is 38.9 Å². The molecule has 0 aromatic heterocycles. The van der Waals surface area contributed by atoms with E-state index >= 15 is 0 Å². The Balaban J connectivity index is 1.55. The van der Waals surface area contributed by atoms with Crippen LogP contribution in [0.1, 0.15) is 6.92 Å². The van der Waals surface area contributed by atoms with E-state index in [1.165, 1.54) is 0 Å². The van der Waals surface area contributed by atoms with Crippen molar-refractivity contribution in [3.63, 3.8) is 0 Å². The molecule has 1 aliphatic rings. The maximum Gasteiger partial charge on any atom is 0.241 e. The van der Waals surface area contributed by atoms with E-state index in [2.05, 4.69) is 26.5 Å². The fraction of sp³-hybridized carbons (Fsp3) is 0.400. The average Bonchev–Trinajstić information content (AvgIpc) is 2.67. The number of likely N-dealkylation sites (N-methyl/N-ethyl adjacent to an activating group) is 1. The zero-order valence-corrected chi connectivity index (χ0v) is 15.4. The summed E-state index contributed by atoms with van der Waals surface area (Å²) in [7, 11) is 1.65. The maximum absolute atomic E-state index is 12.6. The number of amides is 2. The number of carbonyl (C=O) groups excluding carboxylic acids is 2. The first-order chi connectivity index (χ1) is 12.6. The standard InChI is InChI=1S/C20H26N4O2/c1-15(24-11-9-23(10-12-24)14-19(25)21-2)20(26)22-18-8-7-16-5-3-4-6-17(16)13-18/h3-8,13,15H,9-12,14H2,1-2H3,(H,21,25)(H,22,26)/t15-/m0/s1. The van der Waals surface area contributed by atoms with Gasteiger partial charge in [0.05, 0.1) is 12.6 Å². The second-order valence-corrected chi connectivity index (χ2v) is 6.71. The minimum Gasteiger partial charge on any atom is -0.358 e. The highest BCUT2D eigenvalue weighted by molar-refractivity contribution is 5.97. The normalized spacial score (nSPS) is 17.0. The molecule has 0 radical (unpaired) electrons. The molecular weight excluding hydrogens is 328 g/mol. The third-order valence-corrected chi connectivity index (χ3v) is 5.00. The molecule has 2 aromatic carbocycles. The predicted octanol–water partition coefficient (Wildman–Crippen LogP) is 1.53. The summed E-state index contributed by atoms with van der Waals surface area (Å²) in [6.45, 7) is 5.50. The number of hydrogen-bond donors (Lipinski definition) is 2. The summed E-state index contributed by atoms with van der Waals surface area (Å²) in [5, 5.41) is 7.94. The van der Waals surface area contributed by atoms with Crippen molar-refractivity contribution < 1.29 is 9.59 Å². The molecule has 3 rings (SSSR count). The molecule has 1 heterocycles. The van der Waals surface area contributed by atoms with Crippen molar-refractivity contribution in [2.45, 2.75) is 13.0 Å². The van der Waals surface area contributed by atoms with Crippen molar-refractivity contribution in [2.24, 2.45) is 0 Å². The van der Waals surface area contributed by atoms with Crippen molar-refractivity contribution in [3.05, 3.63) is 42.5 Å². The number of benzene rings is 2. The molecule has 26 heavy (non-hydrogen) atoms. The summed E-state index contributed by atoms with van der Waals surface area (Å²) in [5.41, 5.74) is 0.818. The lowest BCUT2D eigenvalue weighted by Gasteiger charge is -2.37. The first kappa shape index (κ1) is 18.4. The van der Waals surface area contributed by atoms with Gasteiger partial charge in [0.2, 0.25) is 11.8 Å². The molecule has 2 aromatic rings. The summed E-state index contributed by atoms with van der Waals surface area (Å²) >= 11 is 0. The van der Waals surface area contributed by atoms with Crippen molar-refractivity contribution in [2.75, 3.05) is 45.1 Å². The van der Waals surface area contributed by atoms with Crippen LogP contribution in [0, 0.1) is 0 Å². The molecule has 138 valence electrons. The third-order valence-electron chi connectivity index (χ3n) is 5.00. The fourth-order valence-electron chi connectivity index (χ4n) is 3.27. The van der Waals surface area contributed by atoms with Gasteiger partial charge in [0.1, 0.15) is 0 Å². The number of nitrogens with zero attached hydrogens (tertiary/aromatic N) is 2. The highest BCUT2D eigenvalue weighted by atomic mass is 16.2. The number of fused-ring (bicyclic) bond motifs is 1. The predicted molar refractivity (Wildman–Crippen MR) is 104 cm³/mol. The zero-order chi connectivity index (χ0) is 18.5. The molecule has 1 atom stereocenters. The highest BCUT2D eigenvalue weighted by Crippen LogP contribution is 2.19. The van der Waals surface area contributed by atoms with Gasteiger partial charge in [-0.1, -0.05) is 30.3 Å². The van der Waals surface area contributed by atoms with Gasteiger partial charge in [-0.3, -0.25) is 19.4 Å². The van der Waals surface area contributed by atoms with Crippen LogP contribution < -0.4 is 10.6 Å². The van der Waals surface area contributed by atoms with Gasteiger partial charge >= 0.3 is 0 Å². The summed E-state index contributed by atoms with van der Waals surface area (Å²) < 4.78 is 0. The second kappa shape index (κ2) is 8.29. The summed E-state index contributed by atoms with van der Waals surface area (Å²) in [6, 6.07) is 13.9. The van der Waals surface area contributed by atoms with Crippen molar-refractivity contribution in [1.29, 1.82) is 0 Å². The SMILES string of the molecule is CNC(=O)CN1CCN([C@@H](C)C(=O)Nc2ccc3ccccc3c2)CC1. The summed E-state index contributed by atoms with van der Waals surface area (Å²) in [6.07, 6.45) is 0. The minimum absolute atomic E-state index is 0.0000300. The average molecular weight is 354 g/mol. The van der Waals surface area contributed by atoms with Gasteiger partial charge in [-0.05, 0) is 29.8 Å². The van der Waals surface area contributed by atoms with Crippen LogP contribution in [0.5, 0.6) is 0 Å². The minimum atomic E-state index is -0.205. The van der Waals surface area contributed by atoms with E-state index in [9.17, 15) is 9.59 Å². The fourth-order valence-corrected chi connectivity index (χ4v) is 3.27. The first-order valence-electron chi connectivity index (χ1n) is 9.03. The lowest BCUT2D eigenvalue weighted by molar-refractivity contribution is -0.124. The monoisotopic (exact) mass is 354 g/mol. The van der Waals surface area contributed by atoms with E-state index in [1.54, 1.807) is 7.05 Å². The Morgan fingerprint density at radius 3 is 2.42 bits per heavy atom. The Morgan fingerprint density at radius 1 is 1.04 bits per heavy atom. The number of nitrogens with one attached hydrogen (secondary N) is 2. The Bertz CT molecular complexity index is 784. The summed E-state index contributed by atoms with van der Waals surface area (Å²) in [4.78, 5) is 28.4. The molecule has 0 bridgehead atoms. The third kappa shape index (κ3) is 4.39. The van der Waals surface area contributed by atoms with E-state index in [1.807, 2.05) is 43.3 Å². The highest BCUT2D eigenvalue weighted by Gasteiger charge is 2.26. The van der Waals surface area contributed by atoms with Crippen LogP contribution in [-0.4, -0.2) is 67.4 Å². The number of carbonyl (C=O) groups is 2. The molecule has 0 saturated carbocycles. The topological polar surface area (TPSA) is 64.7 Å². The van der Waals surface area contributed by atoms with E-state index in [0.717, 1.165) is 42.6 Å². The van der Waals surface area contributed by atoms with E-state index < -0.39 is 0 Å². The molecule has 0 aliphatic carbocycles. The molecular formula is C20H26N4O2. The van der Waals surface area contributed by atoms with Crippen LogP contribution in [0.15, 0.2) is 42.5 Å². The van der Waals surface area contributed by atoms with E-state index in [4.69, 9.17) is 0 Å². The molecule has 6 nitrogen and oxygen atoms in total. The van der Waals surface area contributed by atoms with Gasteiger partial charge in [-0.2, -0.15) is 0 Å². The lowest BCUT2D eigenvalue weighted by atomic mass is 10.1. The number of piperazine rings is 1. The molecule has 2 amide bonds. The van der Waals surface area contributed by atoms with Gasteiger partial charge in [0.25, 0.3) is 0 Å². The second-order valence-electron chi connectivity index (χ2n) is 6.71. The number of anilines is 1. The molecule has 2 N–H and O–H groups in total. The largest absolute Gasteiger partial charge is 0.358 e. The molecule has 1 aliphatic heterocycles. The Labute approximate surface area is 154 Å². The first-order valence-corrected chi connectivity index (χ1v) is 9.03. The summed E-state index contributed by atoms with van der Waals surface area (Å²) in [5.74, 6) is 0.0283. The number of hydrogen-bond acceptors (Lipinski definition) is 4. The molecule has 6 heteroatoms. The van der Waals surface area contributed by atoms with Gasteiger partial charge in [0.15, 0.2) is 0 Å². The number of rotatable bonds is 5. The molecule has 0 spiro atoms. The van der Waals surface area contributed by atoms with Crippen molar-refractivity contribution in [1.82, 2.24) is 15.1 Å². The lowest BCUT2D eigenvalue weighted by Crippen LogP contribution is -2.54. The molecule has 1 fully saturated rings. The van der Waals surface area contributed by atoms with Crippen LogP contribution in [0.4, 0.5) is 5.69 Å². The van der Waals surface area contributed by atoms with Crippen LogP contribution in [-0.2, 0) is 9.59 Å². The van der Waals surface area contributed by atoms with Crippen LogP contribution in [0.2, 0.25) is 0 Å². The van der Waals surface area contributed by atoms with Crippen LogP contribution >= 0.6 is 0 Å². The zero-order valence-electron chi connectivity index (χ0n) is 15.4. The quantitative estimate of drug-likeness (QED) is 0.855. The van der Waals surface area contributed by atoms with Crippen molar-refractivity contribution >= 4 is 28.3 Å². The van der Waals surface area contributed by atoms with Crippen LogP contribution in [0.25, 0.3) is 10.8 Å². The van der Waals surface area contributed by atoms with Gasteiger partial charge in [-0.15, -0.1) is 0 Å². The maximum atomic E-state index is 12.6. The van der Waals surface area contributed by atoms with Crippen LogP contribution in [0.3, 0.4) is 0 Å². The molecule has 1 saturated heterocycles. The van der Waals surface area contributed by atoms with Gasteiger partial charge < -0.3 is 10.6 Å². The molecule has 0 unspecified atom stereocenters. The Morgan fingerprint density at radius 2 is 1.73 bits per heavy atom.